The molecule has 0 saturated carbocycles. The molecular weight excluding hydrogens is 255 g/mol. The lowest BCUT2D eigenvalue weighted by Crippen LogP contribution is -2.17. The summed E-state index contributed by atoms with van der Waals surface area (Å²) in [5.74, 6) is -0.143. The third kappa shape index (κ3) is 4.31. The van der Waals surface area contributed by atoms with Gasteiger partial charge in [-0.3, -0.25) is 4.79 Å². The number of benzene rings is 1. The molecule has 18 heavy (non-hydrogen) atoms. The van der Waals surface area contributed by atoms with Gasteiger partial charge in [-0.2, -0.15) is 0 Å². The van der Waals surface area contributed by atoms with Crippen molar-refractivity contribution in [3.05, 3.63) is 29.6 Å². The maximum Gasteiger partial charge on any atom is 0.306 e. The molecule has 0 aliphatic rings. The zero-order chi connectivity index (χ0) is 13.8. The number of aliphatic hydroxyl groups is 1. The summed E-state index contributed by atoms with van der Waals surface area (Å²) in [5, 5.41) is 9.82. The minimum Gasteiger partial charge on any atom is -0.469 e. The zero-order valence-electron chi connectivity index (χ0n) is 10.7. The van der Waals surface area contributed by atoms with Crippen LogP contribution in [0.3, 0.4) is 0 Å². The first-order valence-corrected chi connectivity index (χ1v) is 6.55. The summed E-state index contributed by atoms with van der Waals surface area (Å²) < 4.78 is 18.1. The summed E-state index contributed by atoms with van der Waals surface area (Å²) in [6, 6.07) is 4.57. The Hall–Kier alpha value is -1.07. The largest absolute Gasteiger partial charge is 0.469 e. The maximum absolute atomic E-state index is 13.5. The number of ether oxygens (including phenoxy) is 1. The van der Waals surface area contributed by atoms with Crippen LogP contribution in [0.25, 0.3) is 0 Å². The predicted octanol–water partition coefficient (Wildman–Crippen LogP) is 2.71. The fraction of sp³-hybridized carbons (Fsp3) is 0.462. The number of hydrogen-bond acceptors (Lipinski definition) is 4. The highest BCUT2D eigenvalue weighted by atomic mass is 32.2. The van der Waals surface area contributed by atoms with Crippen molar-refractivity contribution in [2.45, 2.75) is 30.8 Å². The van der Waals surface area contributed by atoms with Gasteiger partial charge in [0, 0.05) is 16.2 Å². The van der Waals surface area contributed by atoms with Crippen LogP contribution in [0.1, 0.15) is 25.8 Å². The minimum absolute atomic E-state index is 0.255. The molecule has 100 valence electrons. The Bertz CT molecular complexity index is 427. The highest BCUT2D eigenvalue weighted by Gasteiger charge is 2.20. The molecule has 0 fully saturated rings. The van der Waals surface area contributed by atoms with Gasteiger partial charge in [-0.1, -0.05) is 0 Å². The van der Waals surface area contributed by atoms with Crippen molar-refractivity contribution in [2.75, 3.05) is 12.9 Å². The van der Waals surface area contributed by atoms with Crippen LogP contribution in [0.4, 0.5) is 4.39 Å². The molecule has 1 aromatic rings. The van der Waals surface area contributed by atoms with Gasteiger partial charge >= 0.3 is 5.97 Å². The Labute approximate surface area is 110 Å². The second kappa shape index (κ2) is 6.20. The summed E-state index contributed by atoms with van der Waals surface area (Å²) in [5.41, 5.74) is -0.964. The van der Waals surface area contributed by atoms with Crippen LogP contribution >= 0.6 is 11.8 Å². The van der Waals surface area contributed by atoms with Crippen LogP contribution < -0.4 is 0 Å². The van der Waals surface area contributed by atoms with Gasteiger partial charge in [-0.15, -0.1) is 11.8 Å². The fourth-order valence-corrected chi connectivity index (χ4v) is 2.29. The number of esters is 1. The SMILES string of the molecule is COC(=O)CCSc1ccc(F)c(C(C)(C)O)c1. The van der Waals surface area contributed by atoms with Crippen molar-refractivity contribution in [1.82, 2.24) is 0 Å². The van der Waals surface area contributed by atoms with E-state index in [1.165, 1.54) is 38.8 Å². The number of halogens is 1. The molecule has 0 bridgehead atoms. The highest BCUT2D eigenvalue weighted by Crippen LogP contribution is 2.28. The quantitative estimate of drug-likeness (QED) is 0.661. The van der Waals surface area contributed by atoms with Gasteiger partial charge in [0.1, 0.15) is 5.82 Å². The summed E-state index contributed by atoms with van der Waals surface area (Å²) in [4.78, 5) is 11.8. The second-order valence-corrected chi connectivity index (χ2v) is 5.54. The fourth-order valence-electron chi connectivity index (χ4n) is 1.42. The van der Waals surface area contributed by atoms with Gasteiger partial charge in [-0.05, 0) is 32.0 Å². The molecule has 0 amide bonds. The zero-order valence-corrected chi connectivity index (χ0v) is 11.5. The summed E-state index contributed by atoms with van der Waals surface area (Å²) in [6.45, 7) is 3.07. The van der Waals surface area contributed by atoms with Crippen molar-refractivity contribution < 1.29 is 19.0 Å². The van der Waals surface area contributed by atoms with E-state index in [2.05, 4.69) is 4.74 Å². The van der Waals surface area contributed by atoms with E-state index in [1.54, 1.807) is 12.1 Å². The molecule has 0 radical (unpaired) electrons. The van der Waals surface area contributed by atoms with Crippen molar-refractivity contribution in [1.29, 1.82) is 0 Å². The Kier molecular flexibility index (Phi) is 5.16. The maximum atomic E-state index is 13.5. The van der Waals surface area contributed by atoms with Gasteiger partial charge in [0.15, 0.2) is 0 Å². The van der Waals surface area contributed by atoms with Crippen LogP contribution in [0.2, 0.25) is 0 Å². The molecule has 0 unspecified atom stereocenters. The van der Waals surface area contributed by atoms with Gasteiger partial charge in [0.2, 0.25) is 0 Å². The highest BCUT2D eigenvalue weighted by molar-refractivity contribution is 7.99. The van der Waals surface area contributed by atoms with E-state index in [-0.39, 0.29) is 11.5 Å². The first-order valence-electron chi connectivity index (χ1n) is 5.56. The van der Waals surface area contributed by atoms with E-state index in [9.17, 15) is 14.3 Å². The molecule has 0 aliphatic carbocycles. The predicted molar refractivity (Wildman–Crippen MR) is 69.0 cm³/mol. The average Bonchev–Trinajstić information content (AvgIpc) is 2.29. The number of methoxy groups -OCH3 is 1. The molecule has 1 N–H and O–H groups in total. The Balaban J connectivity index is 2.71. The third-order valence-electron chi connectivity index (χ3n) is 2.40. The van der Waals surface area contributed by atoms with Crippen molar-refractivity contribution in [3.63, 3.8) is 0 Å². The molecule has 0 heterocycles. The first-order chi connectivity index (χ1) is 8.34. The van der Waals surface area contributed by atoms with Crippen LogP contribution in [0.5, 0.6) is 0 Å². The second-order valence-electron chi connectivity index (χ2n) is 4.38. The monoisotopic (exact) mass is 272 g/mol. The van der Waals surface area contributed by atoms with E-state index in [1.807, 2.05) is 0 Å². The summed E-state index contributed by atoms with van der Waals surface area (Å²) in [7, 11) is 1.34. The topological polar surface area (TPSA) is 46.5 Å². The third-order valence-corrected chi connectivity index (χ3v) is 3.40. The van der Waals surface area contributed by atoms with Crippen LogP contribution in [-0.4, -0.2) is 23.9 Å². The van der Waals surface area contributed by atoms with Crippen LogP contribution in [0, 0.1) is 5.82 Å². The molecule has 0 aliphatic heterocycles. The molecule has 0 saturated heterocycles. The lowest BCUT2D eigenvalue weighted by atomic mass is 9.98. The molecule has 0 aromatic heterocycles. The first kappa shape index (κ1) is 15.0. The standard InChI is InChI=1S/C13H17FO3S/c1-13(2,16)10-8-9(4-5-11(10)14)18-7-6-12(15)17-3/h4-5,8,16H,6-7H2,1-3H3. The molecule has 0 atom stereocenters. The van der Waals surface area contributed by atoms with E-state index in [4.69, 9.17) is 0 Å². The summed E-state index contributed by atoms with van der Waals surface area (Å²) >= 11 is 1.42. The van der Waals surface area contributed by atoms with E-state index in [0.717, 1.165) is 4.90 Å². The van der Waals surface area contributed by atoms with Gasteiger partial charge in [0.05, 0.1) is 19.1 Å². The molecule has 0 spiro atoms. The Morgan fingerprint density at radius 2 is 2.17 bits per heavy atom. The Morgan fingerprint density at radius 3 is 2.72 bits per heavy atom. The van der Waals surface area contributed by atoms with E-state index in [0.29, 0.717) is 12.2 Å². The number of thioether (sulfide) groups is 1. The smallest absolute Gasteiger partial charge is 0.306 e. The molecular formula is C13H17FO3S. The lowest BCUT2D eigenvalue weighted by molar-refractivity contribution is -0.140. The molecule has 3 nitrogen and oxygen atoms in total. The van der Waals surface area contributed by atoms with Crippen LogP contribution in [-0.2, 0) is 15.1 Å². The number of hydrogen-bond donors (Lipinski definition) is 1. The van der Waals surface area contributed by atoms with Gasteiger partial charge in [-0.25, -0.2) is 4.39 Å². The number of carbonyl (C=O) groups is 1. The lowest BCUT2D eigenvalue weighted by Gasteiger charge is -2.19. The molecule has 1 rings (SSSR count). The van der Waals surface area contributed by atoms with Crippen molar-refractivity contribution in [3.8, 4) is 0 Å². The van der Waals surface area contributed by atoms with E-state index < -0.39 is 11.4 Å². The van der Waals surface area contributed by atoms with Crippen LogP contribution in [0.15, 0.2) is 23.1 Å². The molecule has 5 heteroatoms. The summed E-state index contributed by atoms with van der Waals surface area (Å²) in [6.07, 6.45) is 0.302. The van der Waals surface area contributed by atoms with Crippen molar-refractivity contribution in [2.24, 2.45) is 0 Å². The number of carbonyl (C=O) groups excluding carboxylic acids is 1. The average molecular weight is 272 g/mol. The van der Waals surface area contributed by atoms with E-state index >= 15 is 0 Å². The molecule has 1 aromatic carbocycles. The minimum atomic E-state index is -1.22. The normalized spacial score (nSPS) is 11.4. The van der Waals surface area contributed by atoms with Gasteiger partial charge < -0.3 is 9.84 Å². The Morgan fingerprint density at radius 1 is 1.50 bits per heavy atom. The van der Waals surface area contributed by atoms with Crippen molar-refractivity contribution >= 4 is 17.7 Å². The number of rotatable bonds is 5. The van der Waals surface area contributed by atoms with Gasteiger partial charge in [0.25, 0.3) is 0 Å².